The van der Waals surface area contributed by atoms with E-state index in [1.165, 1.54) is 0 Å². The predicted octanol–water partition coefficient (Wildman–Crippen LogP) is 6.94. The number of aliphatic carboxylic acids is 1. The molecule has 0 atom stereocenters. The Morgan fingerprint density at radius 3 is 1.07 bits per heavy atom. The molecule has 0 N–H and O–H groups in total. The number of nitrogens with zero attached hydrogens (tertiary/aromatic N) is 2. The molecule has 0 fully saturated rings. The number of alkyl halides is 20. The molecule has 0 aliphatic rings. The van der Waals surface area contributed by atoms with Gasteiger partial charge in [-0.2, -0.15) is 87.8 Å². The van der Waals surface area contributed by atoms with Crippen LogP contribution in [0.4, 0.5) is 93.5 Å². The maximum atomic E-state index is 13.9. The van der Waals surface area contributed by atoms with Gasteiger partial charge >= 0.3 is 59.5 Å². The zero-order valence-corrected chi connectivity index (χ0v) is 17.6. The maximum absolute atomic E-state index is 13.9. The molecule has 0 saturated heterocycles. The lowest BCUT2D eigenvalue weighted by molar-refractivity contribution is -0.462. The van der Waals surface area contributed by atoms with Crippen molar-refractivity contribution >= 4 is 11.7 Å². The van der Waals surface area contributed by atoms with Crippen molar-refractivity contribution in [1.29, 1.82) is 5.39 Å². The summed E-state index contributed by atoms with van der Waals surface area (Å²) in [5.41, 5.74) is -3.11. The molecule has 1 aromatic rings. The first-order valence-corrected chi connectivity index (χ1v) is 8.68. The van der Waals surface area contributed by atoms with E-state index in [1.54, 1.807) is 0 Å². The molecule has 1 aromatic carbocycles. The Kier molecular flexibility index (Phi) is 9.43. The van der Waals surface area contributed by atoms with Gasteiger partial charge in [0.25, 0.3) is 0 Å². The van der Waals surface area contributed by atoms with Crippen LogP contribution in [0.1, 0.15) is 5.56 Å². The Morgan fingerprint density at radius 1 is 0.550 bits per heavy atom. The van der Waals surface area contributed by atoms with Crippen LogP contribution in [0.3, 0.4) is 0 Å². The van der Waals surface area contributed by atoms with Crippen molar-refractivity contribution in [1.82, 2.24) is 0 Å². The molecule has 40 heavy (non-hydrogen) atoms. The zero-order chi connectivity index (χ0) is 32.8. The van der Waals surface area contributed by atoms with E-state index in [4.69, 9.17) is 15.3 Å². The second-order valence-electron chi connectivity index (χ2n) is 6.95. The molecule has 230 valence electrons. The number of carbonyl (C=O) groups excluding carboxylic acids is 1. The lowest BCUT2D eigenvalue weighted by atomic mass is 9.87. The molecule has 0 spiro atoms. The van der Waals surface area contributed by atoms with Gasteiger partial charge in [0.2, 0.25) is 5.39 Å². The number of benzene rings is 1. The summed E-state index contributed by atoms with van der Waals surface area (Å²) < 4.78 is 255. The van der Waals surface area contributed by atoms with Crippen molar-refractivity contribution in [3.05, 3.63) is 34.8 Å². The Hall–Kier alpha value is -3.29. The van der Waals surface area contributed by atoms with Gasteiger partial charge in [-0.3, -0.25) is 0 Å². The number of halogens is 20. The quantitative estimate of drug-likeness (QED) is 0.241. The fourth-order valence-electron chi connectivity index (χ4n) is 2.08. The van der Waals surface area contributed by atoms with E-state index >= 15 is 0 Å². The van der Waals surface area contributed by atoms with Crippen LogP contribution in [0.2, 0.25) is 0 Å². The Bertz CT molecular complexity index is 1100. The Morgan fingerprint density at radius 2 is 0.825 bits per heavy atom. The highest BCUT2D eigenvalue weighted by atomic mass is 19.4. The molecule has 0 aliphatic heterocycles. The summed E-state index contributed by atoms with van der Waals surface area (Å²) in [6.45, 7) is 0. The first-order chi connectivity index (χ1) is 17.2. The van der Waals surface area contributed by atoms with Crippen molar-refractivity contribution in [2.75, 3.05) is 0 Å². The number of carboxylic acid groups (broad SMARTS) is 1. The Balaban J connectivity index is 0.00000191. The molecule has 4 nitrogen and oxygen atoms in total. The van der Waals surface area contributed by atoms with Crippen molar-refractivity contribution in [2.45, 2.75) is 53.8 Å². The summed E-state index contributed by atoms with van der Waals surface area (Å²) in [7, 11) is 0. The predicted molar refractivity (Wildman–Crippen MR) is 81.9 cm³/mol. The van der Waals surface area contributed by atoms with E-state index in [0.717, 1.165) is 0 Å². The topological polar surface area (TPSA) is 68.3 Å². The molecular formula is C16H4F20N2O2. The second-order valence-corrected chi connectivity index (χ2v) is 6.95. The highest BCUT2D eigenvalue weighted by Crippen LogP contribution is 2.65. The van der Waals surface area contributed by atoms with E-state index in [2.05, 4.69) is 4.98 Å². The molecule has 0 saturated carbocycles. The summed E-state index contributed by atoms with van der Waals surface area (Å²) in [6, 6.07) is -0.242. The smallest absolute Gasteiger partial charge is 0.460 e. The fraction of sp³-hybridized carbons (Fsp3) is 0.562. The average molecular weight is 636 g/mol. The third kappa shape index (κ3) is 5.63. The average Bonchev–Trinajstić information content (AvgIpc) is 2.77. The third-order valence-corrected chi connectivity index (χ3v) is 4.30. The fourth-order valence-corrected chi connectivity index (χ4v) is 2.08. The summed E-state index contributed by atoms with van der Waals surface area (Å²) in [5.74, 6) is -59.8. The normalized spacial score (nSPS) is 14.7. The van der Waals surface area contributed by atoms with Gasteiger partial charge in [-0.05, 0) is 12.1 Å². The number of carboxylic acids is 1. The number of diazo groups is 1. The van der Waals surface area contributed by atoms with E-state index in [9.17, 15) is 87.8 Å². The van der Waals surface area contributed by atoms with E-state index in [-0.39, 0.29) is 24.3 Å². The monoisotopic (exact) mass is 636 g/mol. The molecule has 0 aliphatic carbocycles. The minimum atomic E-state index is -8.67. The molecule has 0 aromatic heterocycles. The lowest BCUT2D eigenvalue weighted by Gasteiger charge is -2.42. The SMILES string of the molecule is N#[N+]c1ccc(C(F)(F)C(F)(F)C(F)(F)C(F)(F)C(F)(F)C(F)(F)C(F)(F)C(F)(F)F)cc1.O=C([O-])C(F)(F)F. The van der Waals surface area contributed by atoms with E-state index in [0.29, 0.717) is 0 Å². The first-order valence-electron chi connectivity index (χ1n) is 8.68. The van der Waals surface area contributed by atoms with Crippen LogP contribution in [0.5, 0.6) is 0 Å². The minimum Gasteiger partial charge on any atom is -0.542 e. The maximum Gasteiger partial charge on any atom is 0.460 e. The zero-order valence-electron chi connectivity index (χ0n) is 17.6. The van der Waals surface area contributed by atoms with Crippen molar-refractivity contribution in [3.63, 3.8) is 0 Å². The molecule has 0 unspecified atom stereocenters. The summed E-state index contributed by atoms with van der Waals surface area (Å²) in [5, 5.41) is 17.1. The van der Waals surface area contributed by atoms with Crippen LogP contribution in [0.15, 0.2) is 24.3 Å². The van der Waals surface area contributed by atoms with Crippen molar-refractivity contribution < 1.29 is 97.7 Å². The molecule has 0 amide bonds. The number of carbonyl (C=O) groups is 1. The molecule has 1 rings (SSSR count). The number of hydrogen-bond acceptors (Lipinski definition) is 3. The molecule has 0 heterocycles. The summed E-state index contributed by atoms with van der Waals surface area (Å²) >= 11 is 0. The molecular weight excluding hydrogens is 632 g/mol. The van der Waals surface area contributed by atoms with Crippen LogP contribution in [0.25, 0.3) is 4.98 Å². The van der Waals surface area contributed by atoms with Gasteiger partial charge in [0.1, 0.15) is 5.97 Å². The van der Waals surface area contributed by atoms with E-state index in [1.807, 2.05) is 0 Å². The summed E-state index contributed by atoms with van der Waals surface area (Å²) in [6.07, 6.45) is -13.0. The van der Waals surface area contributed by atoms with Crippen LogP contribution in [0, 0.1) is 5.39 Å². The highest BCUT2D eigenvalue weighted by molar-refractivity contribution is 5.70. The van der Waals surface area contributed by atoms with Gasteiger partial charge in [0.15, 0.2) is 4.98 Å². The van der Waals surface area contributed by atoms with Crippen LogP contribution < -0.4 is 5.11 Å². The molecule has 0 bridgehead atoms. The Labute approximate surface area is 204 Å². The van der Waals surface area contributed by atoms with Crippen LogP contribution in [-0.2, 0) is 10.7 Å². The number of rotatable bonds is 7. The van der Waals surface area contributed by atoms with Crippen molar-refractivity contribution in [2.24, 2.45) is 0 Å². The second kappa shape index (κ2) is 10.3. The largest absolute Gasteiger partial charge is 0.542 e. The standard InChI is InChI=1S/C14H4F17N2.C2HF3O2/c15-7(16,5-1-3-6(33-32)4-2-5)8(17,18)9(19,20)10(21,22)11(23,24)12(25,26)13(27,28)14(29,30)31;3-2(4,5)1(6)7/h1-4H;(H,6,7)/q+1;/p-1. The third-order valence-electron chi connectivity index (χ3n) is 4.30. The van der Waals surface area contributed by atoms with Gasteiger partial charge in [0.05, 0.1) is 0 Å². The van der Waals surface area contributed by atoms with Crippen molar-refractivity contribution in [3.8, 4) is 0 Å². The van der Waals surface area contributed by atoms with Gasteiger partial charge in [-0.15, -0.1) is 0 Å². The van der Waals surface area contributed by atoms with Crippen LogP contribution in [-0.4, -0.2) is 53.9 Å². The van der Waals surface area contributed by atoms with E-state index < -0.39 is 71.0 Å². The first kappa shape index (κ1) is 36.7. The number of hydrogen-bond donors (Lipinski definition) is 0. The lowest BCUT2D eigenvalue weighted by Crippen LogP contribution is -2.74. The van der Waals surface area contributed by atoms with Gasteiger partial charge < -0.3 is 9.90 Å². The summed E-state index contributed by atoms with van der Waals surface area (Å²) in [4.78, 5) is 11.1. The highest BCUT2D eigenvalue weighted by Gasteiger charge is 2.95. The van der Waals surface area contributed by atoms with Gasteiger partial charge in [0, 0.05) is 17.7 Å². The van der Waals surface area contributed by atoms with Crippen LogP contribution >= 0.6 is 0 Å². The molecule has 0 radical (unpaired) electrons. The van der Waals surface area contributed by atoms with Gasteiger partial charge in [-0.1, -0.05) is 0 Å². The minimum absolute atomic E-state index is 0.169. The molecule has 24 heteroatoms. The van der Waals surface area contributed by atoms with Gasteiger partial charge in [-0.25, -0.2) is 0 Å².